The third kappa shape index (κ3) is 4.73. The maximum atomic E-state index is 13.9. The monoisotopic (exact) mass is 485 g/mol. The van der Waals surface area contributed by atoms with Crippen LogP contribution in [0.5, 0.6) is 0 Å². The smallest absolute Gasteiger partial charge is 0.227 e. The number of para-hydroxylation sites is 1. The van der Waals surface area contributed by atoms with E-state index in [1.807, 2.05) is 44.2 Å². The van der Waals surface area contributed by atoms with Crippen LogP contribution in [0.1, 0.15) is 32.8 Å². The van der Waals surface area contributed by atoms with E-state index < -0.39 is 0 Å². The number of hydrogen-bond donors (Lipinski definition) is 0. The number of fused-ring (bicyclic) bond motifs is 1. The van der Waals surface area contributed by atoms with E-state index in [0.29, 0.717) is 37.5 Å². The average molecular weight is 486 g/mol. The van der Waals surface area contributed by atoms with Crippen LogP contribution in [0.15, 0.2) is 65.2 Å². The molecule has 1 amide bonds. The summed E-state index contributed by atoms with van der Waals surface area (Å²) in [5.41, 5.74) is 3.88. The second-order valence-electron chi connectivity index (χ2n) is 9.27. The quantitative estimate of drug-likeness (QED) is 0.364. The molecule has 6 nitrogen and oxygen atoms in total. The molecule has 0 saturated carbocycles. The normalized spacial score (nSPS) is 13.9. The number of rotatable bonds is 6. The second kappa shape index (κ2) is 9.93. The molecule has 0 spiro atoms. The predicted molar refractivity (Wildman–Crippen MR) is 137 cm³/mol. The van der Waals surface area contributed by atoms with Crippen molar-refractivity contribution in [1.29, 1.82) is 0 Å². The zero-order chi connectivity index (χ0) is 25.2. The molecule has 1 aliphatic rings. The molecule has 1 saturated heterocycles. The number of piperazine rings is 1. The van der Waals surface area contributed by atoms with E-state index in [2.05, 4.69) is 9.88 Å². The van der Waals surface area contributed by atoms with Gasteiger partial charge in [-0.05, 0) is 42.7 Å². The first-order chi connectivity index (χ1) is 17.4. The molecule has 36 heavy (non-hydrogen) atoms. The van der Waals surface area contributed by atoms with Crippen molar-refractivity contribution in [2.24, 2.45) is 0 Å². The highest BCUT2D eigenvalue weighted by Crippen LogP contribution is 2.28. The van der Waals surface area contributed by atoms with Crippen LogP contribution in [0, 0.1) is 19.7 Å². The van der Waals surface area contributed by atoms with Gasteiger partial charge >= 0.3 is 0 Å². The fourth-order valence-corrected chi connectivity index (χ4v) is 4.73. The molecule has 0 unspecified atom stereocenters. The summed E-state index contributed by atoms with van der Waals surface area (Å²) in [7, 11) is 0. The number of carbonyl (C=O) groups is 2. The van der Waals surface area contributed by atoms with E-state index in [1.54, 1.807) is 29.3 Å². The standard InChI is InChI=1S/C29H28FN3O3/c1-19-6-5-8-23-20(2)29(36-28(19)23)25(34)16-21-10-11-26(31-18-21)32-12-14-33(15-13-32)27(35)17-22-7-3-4-9-24(22)30/h3-11,18H,12-17H2,1-2H3. The van der Waals surface area contributed by atoms with Gasteiger partial charge in [-0.25, -0.2) is 9.37 Å². The molecule has 4 aromatic rings. The molecule has 0 atom stereocenters. The highest BCUT2D eigenvalue weighted by atomic mass is 19.1. The Hall–Kier alpha value is -4.00. The van der Waals surface area contributed by atoms with Crippen molar-refractivity contribution in [3.8, 4) is 0 Å². The van der Waals surface area contributed by atoms with Crippen molar-refractivity contribution in [2.75, 3.05) is 31.1 Å². The first kappa shape index (κ1) is 23.7. The summed E-state index contributed by atoms with van der Waals surface area (Å²) >= 11 is 0. The Morgan fingerprint density at radius 2 is 1.72 bits per heavy atom. The van der Waals surface area contributed by atoms with Crippen LogP contribution in [-0.2, 0) is 17.6 Å². The summed E-state index contributed by atoms with van der Waals surface area (Å²) in [6, 6.07) is 16.1. The van der Waals surface area contributed by atoms with Crippen LogP contribution in [0.2, 0.25) is 0 Å². The number of pyridine rings is 1. The van der Waals surface area contributed by atoms with Gasteiger partial charge in [0.05, 0.1) is 6.42 Å². The number of nitrogens with zero attached hydrogens (tertiary/aromatic N) is 3. The van der Waals surface area contributed by atoms with E-state index in [9.17, 15) is 14.0 Å². The van der Waals surface area contributed by atoms with Crippen LogP contribution in [0.3, 0.4) is 0 Å². The van der Waals surface area contributed by atoms with Crippen molar-refractivity contribution >= 4 is 28.5 Å². The van der Waals surface area contributed by atoms with Crippen LogP contribution >= 0.6 is 0 Å². The summed E-state index contributed by atoms with van der Waals surface area (Å²) in [6.07, 6.45) is 2.01. The molecular weight excluding hydrogens is 457 g/mol. The topological polar surface area (TPSA) is 66.7 Å². The average Bonchev–Trinajstić information content (AvgIpc) is 3.24. The molecular formula is C29H28FN3O3. The minimum atomic E-state index is -0.349. The van der Waals surface area contributed by atoms with E-state index in [1.165, 1.54) is 6.07 Å². The third-order valence-electron chi connectivity index (χ3n) is 6.84. The fourth-order valence-electron chi connectivity index (χ4n) is 4.73. The maximum Gasteiger partial charge on any atom is 0.227 e. The van der Waals surface area contributed by atoms with Crippen molar-refractivity contribution < 1.29 is 18.4 Å². The Morgan fingerprint density at radius 3 is 2.42 bits per heavy atom. The first-order valence-corrected chi connectivity index (χ1v) is 12.1. The van der Waals surface area contributed by atoms with Crippen LogP contribution in [0.25, 0.3) is 11.0 Å². The molecule has 7 heteroatoms. The summed E-state index contributed by atoms with van der Waals surface area (Å²) in [5.74, 6) is 0.720. The molecule has 2 aromatic heterocycles. The van der Waals surface area contributed by atoms with Crippen LogP contribution < -0.4 is 4.90 Å². The van der Waals surface area contributed by atoms with Crippen molar-refractivity contribution in [3.63, 3.8) is 0 Å². The molecule has 1 fully saturated rings. The number of anilines is 1. The summed E-state index contributed by atoms with van der Waals surface area (Å²) in [4.78, 5) is 34.0. The SMILES string of the molecule is Cc1c(C(=O)Cc2ccc(N3CCN(C(=O)Cc4ccccc4F)CC3)nc2)oc2c(C)cccc12. The van der Waals surface area contributed by atoms with Crippen molar-refractivity contribution in [2.45, 2.75) is 26.7 Å². The number of halogens is 1. The number of Topliss-reactive ketones (excluding diaryl/α,β-unsaturated/α-hetero) is 1. The van der Waals surface area contributed by atoms with E-state index >= 15 is 0 Å². The van der Waals surface area contributed by atoms with Crippen molar-refractivity contribution in [1.82, 2.24) is 9.88 Å². The first-order valence-electron chi connectivity index (χ1n) is 12.1. The lowest BCUT2D eigenvalue weighted by Gasteiger charge is -2.35. The second-order valence-corrected chi connectivity index (χ2v) is 9.27. The number of aromatic nitrogens is 1. The van der Waals surface area contributed by atoms with Gasteiger partial charge in [0.2, 0.25) is 11.7 Å². The number of aryl methyl sites for hydroxylation is 2. The lowest BCUT2D eigenvalue weighted by Crippen LogP contribution is -2.49. The van der Waals surface area contributed by atoms with E-state index in [0.717, 1.165) is 33.5 Å². The number of carbonyl (C=O) groups excluding carboxylic acids is 2. The van der Waals surface area contributed by atoms with Crippen LogP contribution in [0.4, 0.5) is 10.2 Å². The molecule has 0 bridgehead atoms. The van der Waals surface area contributed by atoms with Gasteiger partial charge in [0.1, 0.15) is 17.2 Å². The Kier molecular flexibility index (Phi) is 6.55. The maximum absolute atomic E-state index is 13.9. The Balaban J connectivity index is 1.18. The Bertz CT molecular complexity index is 1420. The van der Waals surface area contributed by atoms with E-state index in [4.69, 9.17) is 4.42 Å². The summed E-state index contributed by atoms with van der Waals surface area (Å²) in [6.45, 7) is 6.29. The van der Waals surface area contributed by atoms with Crippen LogP contribution in [-0.4, -0.2) is 47.8 Å². The number of amides is 1. The molecule has 5 rings (SSSR count). The third-order valence-corrected chi connectivity index (χ3v) is 6.84. The van der Waals surface area contributed by atoms with Gasteiger partial charge in [0, 0.05) is 49.7 Å². The molecule has 3 heterocycles. The lowest BCUT2D eigenvalue weighted by molar-refractivity contribution is -0.130. The number of furan rings is 1. The summed E-state index contributed by atoms with van der Waals surface area (Å²) in [5, 5.41) is 0.971. The lowest BCUT2D eigenvalue weighted by atomic mass is 10.0. The highest BCUT2D eigenvalue weighted by Gasteiger charge is 2.23. The summed E-state index contributed by atoms with van der Waals surface area (Å²) < 4.78 is 19.8. The van der Waals surface area contributed by atoms with Gasteiger partial charge in [-0.15, -0.1) is 0 Å². The molecule has 2 aromatic carbocycles. The molecule has 0 aliphatic carbocycles. The number of hydrogen-bond acceptors (Lipinski definition) is 5. The molecule has 184 valence electrons. The number of benzene rings is 2. The molecule has 0 N–H and O–H groups in total. The van der Waals surface area contributed by atoms with Gasteiger partial charge in [-0.1, -0.05) is 42.5 Å². The van der Waals surface area contributed by atoms with Gasteiger partial charge in [0.25, 0.3) is 0 Å². The number of ketones is 1. The zero-order valence-corrected chi connectivity index (χ0v) is 20.5. The molecule has 0 radical (unpaired) electrons. The van der Waals surface area contributed by atoms with Gasteiger partial charge in [0.15, 0.2) is 5.76 Å². The van der Waals surface area contributed by atoms with Gasteiger partial charge in [-0.2, -0.15) is 0 Å². The highest BCUT2D eigenvalue weighted by molar-refractivity contribution is 6.01. The predicted octanol–water partition coefficient (Wildman–Crippen LogP) is 4.90. The fraction of sp³-hybridized carbons (Fsp3) is 0.276. The minimum absolute atomic E-state index is 0.0674. The zero-order valence-electron chi connectivity index (χ0n) is 20.5. The Labute approximate surface area is 209 Å². The molecule has 1 aliphatic heterocycles. The van der Waals surface area contributed by atoms with Gasteiger partial charge < -0.3 is 14.2 Å². The minimum Gasteiger partial charge on any atom is -0.452 e. The largest absolute Gasteiger partial charge is 0.452 e. The Morgan fingerprint density at radius 1 is 0.944 bits per heavy atom. The van der Waals surface area contributed by atoms with Crippen molar-refractivity contribution in [3.05, 3.63) is 94.6 Å². The van der Waals surface area contributed by atoms with Gasteiger partial charge in [-0.3, -0.25) is 9.59 Å². The van der Waals surface area contributed by atoms with E-state index in [-0.39, 0.29) is 30.3 Å².